The largest absolute Gasteiger partial charge is 0.425 e. The van der Waals surface area contributed by atoms with Crippen LogP contribution in [0, 0.1) is 0 Å². The molecule has 0 aliphatic heterocycles. The molecule has 0 aliphatic rings. The van der Waals surface area contributed by atoms with Gasteiger partial charge in [-0.3, -0.25) is 0 Å². The van der Waals surface area contributed by atoms with Crippen LogP contribution in [0.2, 0.25) is 0 Å². The molecule has 74 valence electrons. The van der Waals surface area contributed by atoms with E-state index in [1.807, 2.05) is 6.92 Å². The average molecular weight is 273 g/mol. The maximum Gasteiger partial charge on any atom is 0.425 e. The molecule has 1 aromatic heterocycles. The summed E-state index contributed by atoms with van der Waals surface area (Å²) in [7, 11) is 0. The fraction of sp³-hybridized carbons (Fsp3) is 0.500. The molecule has 1 atom stereocenters. The highest BCUT2D eigenvalue weighted by atomic mass is 79.9. The van der Waals surface area contributed by atoms with Crippen molar-refractivity contribution < 1.29 is 13.2 Å². The van der Waals surface area contributed by atoms with Crippen LogP contribution in [-0.4, -0.2) is 4.83 Å². The van der Waals surface area contributed by atoms with Gasteiger partial charge < -0.3 is 0 Å². The van der Waals surface area contributed by atoms with Crippen molar-refractivity contribution in [3.63, 3.8) is 0 Å². The second-order valence-electron chi connectivity index (χ2n) is 2.75. The molecule has 0 aromatic carbocycles. The number of alkyl halides is 4. The molecule has 0 fully saturated rings. The lowest BCUT2D eigenvalue weighted by molar-refractivity contribution is -0.134. The Kier molecular flexibility index (Phi) is 3.40. The molecule has 5 heteroatoms. The summed E-state index contributed by atoms with van der Waals surface area (Å²) in [6.45, 7) is 1.91. The van der Waals surface area contributed by atoms with Crippen LogP contribution in [-0.2, 0) is 12.6 Å². The average Bonchev–Trinajstić information content (AvgIpc) is 2.32. The van der Waals surface area contributed by atoms with Crippen LogP contribution in [0.25, 0.3) is 0 Å². The SMILES string of the molecule is CC(Br)Cc1ccc(C(F)(F)F)s1. The highest BCUT2D eigenvalue weighted by Crippen LogP contribution is 2.35. The van der Waals surface area contributed by atoms with E-state index in [1.54, 1.807) is 0 Å². The Bertz CT molecular complexity index is 277. The maximum atomic E-state index is 12.1. The first-order chi connectivity index (χ1) is 5.89. The smallest absolute Gasteiger partial charge is 0.165 e. The first-order valence-corrected chi connectivity index (χ1v) is 5.43. The van der Waals surface area contributed by atoms with E-state index in [2.05, 4.69) is 15.9 Å². The molecular weight excluding hydrogens is 265 g/mol. The fourth-order valence-electron chi connectivity index (χ4n) is 0.917. The van der Waals surface area contributed by atoms with Crippen molar-refractivity contribution in [3.8, 4) is 0 Å². The molecule has 1 unspecified atom stereocenters. The minimum Gasteiger partial charge on any atom is -0.165 e. The van der Waals surface area contributed by atoms with Gasteiger partial charge in [0.05, 0.1) is 0 Å². The highest BCUT2D eigenvalue weighted by Gasteiger charge is 2.32. The zero-order chi connectivity index (χ0) is 10.1. The lowest BCUT2D eigenvalue weighted by Gasteiger charge is -2.01. The predicted octanol–water partition coefficient (Wildman–Crippen LogP) is 4.09. The van der Waals surface area contributed by atoms with Crippen molar-refractivity contribution in [1.82, 2.24) is 0 Å². The van der Waals surface area contributed by atoms with Gasteiger partial charge in [0.1, 0.15) is 4.88 Å². The standard InChI is InChI=1S/C8H8BrF3S/c1-5(9)4-6-2-3-7(13-6)8(10,11)12/h2-3,5H,4H2,1H3. The molecule has 0 amide bonds. The molecule has 0 saturated carbocycles. The molecule has 0 bridgehead atoms. The minimum atomic E-state index is -4.20. The second kappa shape index (κ2) is 4.00. The molecule has 0 spiro atoms. The van der Waals surface area contributed by atoms with Crippen molar-refractivity contribution in [2.45, 2.75) is 24.3 Å². The highest BCUT2D eigenvalue weighted by molar-refractivity contribution is 9.09. The monoisotopic (exact) mass is 272 g/mol. The second-order valence-corrected chi connectivity index (χ2v) is 5.48. The third-order valence-electron chi connectivity index (χ3n) is 1.42. The molecule has 0 aliphatic carbocycles. The van der Waals surface area contributed by atoms with Crippen LogP contribution in [0.15, 0.2) is 12.1 Å². The normalized spacial score (nSPS) is 14.5. The van der Waals surface area contributed by atoms with Crippen molar-refractivity contribution in [1.29, 1.82) is 0 Å². The zero-order valence-electron chi connectivity index (χ0n) is 6.86. The molecule has 1 rings (SSSR count). The molecule has 0 nitrogen and oxygen atoms in total. The van der Waals surface area contributed by atoms with E-state index < -0.39 is 11.1 Å². The van der Waals surface area contributed by atoms with Gasteiger partial charge in [-0.1, -0.05) is 22.9 Å². The molecule has 13 heavy (non-hydrogen) atoms. The topological polar surface area (TPSA) is 0 Å². The lowest BCUT2D eigenvalue weighted by atomic mass is 10.3. The van der Waals surface area contributed by atoms with Gasteiger partial charge in [-0.2, -0.15) is 13.2 Å². The molecule has 0 N–H and O–H groups in total. The summed E-state index contributed by atoms with van der Waals surface area (Å²) in [5.41, 5.74) is 0. The first kappa shape index (κ1) is 11.0. The van der Waals surface area contributed by atoms with Gasteiger partial charge in [0, 0.05) is 9.70 Å². The predicted molar refractivity (Wildman–Crippen MR) is 51.4 cm³/mol. The fourth-order valence-corrected chi connectivity index (χ4v) is 2.48. The summed E-state index contributed by atoms with van der Waals surface area (Å²) in [6.07, 6.45) is -3.56. The summed E-state index contributed by atoms with van der Waals surface area (Å²) in [4.78, 5) is 0.458. The summed E-state index contributed by atoms with van der Waals surface area (Å²) < 4.78 is 36.4. The first-order valence-electron chi connectivity index (χ1n) is 3.69. The van der Waals surface area contributed by atoms with Crippen molar-refractivity contribution in [2.75, 3.05) is 0 Å². The summed E-state index contributed by atoms with van der Waals surface area (Å²) in [6, 6.07) is 2.67. The van der Waals surface area contributed by atoms with Crippen LogP contribution >= 0.6 is 27.3 Å². The summed E-state index contributed by atoms with van der Waals surface area (Å²) in [5.74, 6) is 0. The third kappa shape index (κ3) is 3.31. The Morgan fingerprint density at radius 3 is 2.46 bits per heavy atom. The van der Waals surface area contributed by atoms with Crippen LogP contribution in [0.1, 0.15) is 16.7 Å². The van der Waals surface area contributed by atoms with E-state index in [-0.39, 0.29) is 4.83 Å². The van der Waals surface area contributed by atoms with Gasteiger partial charge >= 0.3 is 6.18 Å². The van der Waals surface area contributed by atoms with Gasteiger partial charge in [-0.05, 0) is 18.6 Å². The van der Waals surface area contributed by atoms with Gasteiger partial charge in [0.2, 0.25) is 0 Å². The molecular formula is C8H8BrF3S. The molecule has 1 aromatic rings. The van der Waals surface area contributed by atoms with E-state index in [9.17, 15) is 13.2 Å². The van der Waals surface area contributed by atoms with Crippen molar-refractivity contribution in [3.05, 3.63) is 21.9 Å². The number of hydrogen-bond donors (Lipinski definition) is 0. The Balaban J connectivity index is 2.75. The van der Waals surface area contributed by atoms with Gasteiger partial charge in [0.25, 0.3) is 0 Å². The number of hydrogen-bond acceptors (Lipinski definition) is 1. The Morgan fingerprint density at radius 2 is 2.08 bits per heavy atom. The number of thiophene rings is 1. The maximum absolute atomic E-state index is 12.1. The molecule has 1 heterocycles. The van der Waals surface area contributed by atoms with E-state index in [0.717, 1.165) is 22.3 Å². The lowest BCUT2D eigenvalue weighted by Crippen LogP contribution is -2.00. The summed E-state index contributed by atoms with van der Waals surface area (Å²) in [5, 5.41) is 0. The minimum absolute atomic E-state index is 0.215. The number of halogens is 4. The quantitative estimate of drug-likeness (QED) is 0.712. The van der Waals surface area contributed by atoms with Crippen LogP contribution in [0.5, 0.6) is 0 Å². The van der Waals surface area contributed by atoms with E-state index in [1.165, 1.54) is 6.07 Å². The Morgan fingerprint density at radius 1 is 1.46 bits per heavy atom. The van der Waals surface area contributed by atoms with Crippen molar-refractivity contribution >= 4 is 27.3 Å². The van der Waals surface area contributed by atoms with Crippen LogP contribution in [0.3, 0.4) is 0 Å². The number of rotatable bonds is 2. The van der Waals surface area contributed by atoms with Gasteiger partial charge in [-0.25, -0.2) is 0 Å². The van der Waals surface area contributed by atoms with Crippen molar-refractivity contribution in [2.24, 2.45) is 0 Å². The molecule has 0 radical (unpaired) electrons. The summed E-state index contributed by atoms with van der Waals surface area (Å²) >= 11 is 4.11. The zero-order valence-corrected chi connectivity index (χ0v) is 9.26. The molecule has 0 saturated heterocycles. The van der Waals surface area contributed by atoms with E-state index in [0.29, 0.717) is 6.42 Å². The van der Waals surface area contributed by atoms with Gasteiger partial charge in [-0.15, -0.1) is 11.3 Å². The van der Waals surface area contributed by atoms with Gasteiger partial charge in [0.15, 0.2) is 0 Å². The third-order valence-corrected chi connectivity index (χ3v) is 2.90. The Hall–Kier alpha value is -0.0300. The van der Waals surface area contributed by atoms with Crippen LogP contribution in [0.4, 0.5) is 13.2 Å². The van der Waals surface area contributed by atoms with E-state index >= 15 is 0 Å². The van der Waals surface area contributed by atoms with E-state index in [4.69, 9.17) is 0 Å². The van der Waals surface area contributed by atoms with Crippen LogP contribution < -0.4 is 0 Å². The Labute approximate surface area is 86.9 Å².